The van der Waals surface area contributed by atoms with E-state index >= 15 is 0 Å². The molecule has 0 unspecified atom stereocenters. The molecule has 1 aromatic carbocycles. The second-order valence-corrected chi connectivity index (χ2v) is 9.94. The van der Waals surface area contributed by atoms with Crippen molar-refractivity contribution in [2.24, 2.45) is 0 Å². The fourth-order valence-electron chi connectivity index (χ4n) is 4.22. The van der Waals surface area contributed by atoms with Gasteiger partial charge < -0.3 is 14.6 Å². The third-order valence-electron chi connectivity index (χ3n) is 6.08. The number of carbonyl (C=O) groups is 1. The lowest BCUT2D eigenvalue weighted by Gasteiger charge is -2.39. The number of anilines is 1. The summed E-state index contributed by atoms with van der Waals surface area (Å²) in [6, 6.07) is 14.7. The number of nitrogens with one attached hydrogen (secondary N) is 1. The highest BCUT2D eigenvalue weighted by Crippen LogP contribution is 2.40. The number of carbonyl (C=O) groups excluding carboxylic acids is 1. The minimum atomic E-state index is -0.201. The van der Waals surface area contributed by atoms with E-state index in [4.69, 9.17) is 4.42 Å². The summed E-state index contributed by atoms with van der Waals surface area (Å²) >= 11 is 3.43. The van der Waals surface area contributed by atoms with Crippen molar-refractivity contribution in [3.05, 3.63) is 70.5 Å². The monoisotopic (exact) mass is 469 g/mol. The molecule has 32 heavy (non-hydrogen) atoms. The van der Waals surface area contributed by atoms with E-state index in [9.17, 15) is 4.79 Å². The number of rotatable bonds is 8. The molecule has 7 heteroatoms. The number of likely N-dealkylation sites (N-methyl/N-ethyl adjacent to an activating group) is 1. The van der Waals surface area contributed by atoms with Crippen LogP contribution in [0.2, 0.25) is 0 Å². The highest BCUT2D eigenvalue weighted by molar-refractivity contribution is 7.98. The third kappa shape index (κ3) is 5.12. The first-order valence-electron chi connectivity index (χ1n) is 11.2. The topological polar surface area (TPSA) is 48.7 Å². The number of nitrogens with zero attached hydrogens (tertiary/aromatic N) is 2. The SMILES string of the molecule is CCc1cc([C@@H](c2ccc(SC)cc2)N2CCN(CC)CC2)c(NC(=O)c2ccco2)s1. The van der Waals surface area contributed by atoms with Crippen molar-refractivity contribution in [3.8, 4) is 0 Å². The van der Waals surface area contributed by atoms with Crippen molar-refractivity contribution in [1.29, 1.82) is 0 Å². The van der Waals surface area contributed by atoms with Gasteiger partial charge >= 0.3 is 0 Å². The molecule has 4 rings (SSSR count). The molecule has 1 atom stereocenters. The standard InChI is InChI=1S/C25H31N3O2S2/c1-4-19-17-21(25(32-19)26-24(29)22-7-6-16-30-22)23(18-8-10-20(31-3)11-9-18)28-14-12-27(5-2)13-15-28/h6-11,16-17,23H,4-5,12-15H2,1-3H3,(H,26,29)/t23-/m1/s1. The van der Waals surface area contributed by atoms with E-state index in [1.54, 1.807) is 35.2 Å². The normalized spacial score (nSPS) is 16.2. The maximum Gasteiger partial charge on any atom is 0.291 e. The smallest absolute Gasteiger partial charge is 0.291 e. The summed E-state index contributed by atoms with van der Waals surface area (Å²) in [5.41, 5.74) is 2.44. The zero-order chi connectivity index (χ0) is 22.5. The number of hydrogen-bond acceptors (Lipinski definition) is 6. The van der Waals surface area contributed by atoms with Crippen molar-refractivity contribution < 1.29 is 9.21 Å². The van der Waals surface area contributed by atoms with Crippen LogP contribution in [0.1, 0.15) is 46.4 Å². The summed E-state index contributed by atoms with van der Waals surface area (Å²) in [4.78, 5) is 20.4. The first kappa shape index (κ1) is 23.1. The number of hydrogen-bond donors (Lipinski definition) is 1. The van der Waals surface area contributed by atoms with E-state index in [-0.39, 0.29) is 11.9 Å². The first-order chi connectivity index (χ1) is 15.6. The van der Waals surface area contributed by atoms with Crippen LogP contribution in [-0.2, 0) is 6.42 Å². The summed E-state index contributed by atoms with van der Waals surface area (Å²) in [5, 5.41) is 4.06. The Bertz CT molecular complexity index is 1010. The number of thioether (sulfide) groups is 1. The largest absolute Gasteiger partial charge is 0.459 e. The van der Waals surface area contributed by atoms with Gasteiger partial charge in [0.1, 0.15) is 5.00 Å². The van der Waals surface area contributed by atoms with Crippen LogP contribution in [-0.4, -0.2) is 54.7 Å². The van der Waals surface area contributed by atoms with E-state index < -0.39 is 0 Å². The molecule has 0 saturated carbocycles. The van der Waals surface area contributed by atoms with E-state index in [2.05, 4.69) is 65.6 Å². The zero-order valence-corrected chi connectivity index (χ0v) is 20.6. The average Bonchev–Trinajstić information content (AvgIpc) is 3.51. The van der Waals surface area contributed by atoms with Gasteiger partial charge in [-0.1, -0.05) is 26.0 Å². The molecule has 1 amide bonds. The van der Waals surface area contributed by atoms with Gasteiger partial charge in [-0.2, -0.15) is 0 Å². The number of aryl methyl sites for hydroxylation is 1. The summed E-state index contributed by atoms with van der Waals surface area (Å²) in [6.45, 7) is 9.61. The van der Waals surface area contributed by atoms with Crippen LogP contribution in [0, 0.1) is 0 Å². The third-order valence-corrected chi connectivity index (χ3v) is 8.03. The maximum absolute atomic E-state index is 12.8. The molecular formula is C25H31N3O2S2. The Morgan fingerprint density at radius 1 is 1.16 bits per heavy atom. The molecule has 0 aliphatic carbocycles. The van der Waals surface area contributed by atoms with E-state index in [0.717, 1.165) is 44.1 Å². The minimum Gasteiger partial charge on any atom is -0.459 e. The minimum absolute atomic E-state index is 0.105. The summed E-state index contributed by atoms with van der Waals surface area (Å²) < 4.78 is 5.33. The molecule has 170 valence electrons. The number of thiophene rings is 1. The van der Waals surface area contributed by atoms with Gasteiger partial charge in [0.25, 0.3) is 5.91 Å². The van der Waals surface area contributed by atoms with E-state index in [0.29, 0.717) is 5.76 Å². The Balaban J connectivity index is 1.71. The predicted molar refractivity (Wildman–Crippen MR) is 134 cm³/mol. The molecule has 1 aliphatic rings. The van der Waals surface area contributed by atoms with Gasteiger partial charge in [-0.25, -0.2) is 0 Å². The molecule has 1 N–H and O–H groups in total. The van der Waals surface area contributed by atoms with E-state index in [1.165, 1.54) is 27.2 Å². The molecule has 5 nitrogen and oxygen atoms in total. The molecule has 1 saturated heterocycles. The lowest BCUT2D eigenvalue weighted by atomic mass is 9.97. The van der Waals surface area contributed by atoms with Gasteiger partial charge in [0.2, 0.25) is 0 Å². The Kier molecular flexibility index (Phi) is 7.73. The highest BCUT2D eigenvalue weighted by atomic mass is 32.2. The number of amides is 1. The molecular weight excluding hydrogens is 438 g/mol. The molecule has 3 heterocycles. The van der Waals surface area contributed by atoms with Crippen LogP contribution in [0.15, 0.2) is 58.0 Å². The maximum atomic E-state index is 12.8. The summed E-state index contributed by atoms with van der Waals surface area (Å²) in [5.74, 6) is 0.132. The fourth-order valence-corrected chi connectivity index (χ4v) is 5.65. The van der Waals surface area contributed by atoms with Crippen molar-refractivity contribution in [2.75, 3.05) is 44.3 Å². The van der Waals surface area contributed by atoms with Crippen LogP contribution < -0.4 is 5.32 Å². The molecule has 0 spiro atoms. The van der Waals surface area contributed by atoms with Crippen LogP contribution in [0.4, 0.5) is 5.00 Å². The van der Waals surface area contributed by atoms with Crippen molar-refractivity contribution in [1.82, 2.24) is 9.80 Å². The number of furan rings is 1. The van der Waals surface area contributed by atoms with Crippen LogP contribution in [0.3, 0.4) is 0 Å². The van der Waals surface area contributed by atoms with Gasteiger partial charge in [-0.3, -0.25) is 9.69 Å². The summed E-state index contributed by atoms with van der Waals surface area (Å²) in [6.07, 6.45) is 4.58. The van der Waals surface area contributed by atoms with E-state index in [1.807, 2.05) is 0 Å². The molecule has 0 radical (unpaired) electrons. The zero-order valence-electron chi connectivity index (χ0n) is 19.0. The molecule has 1 fully saturated rings. The summed E-state index contributed by atoms with van der Waals surface area (Å²) in [7, 11) is 0. The average molecular weight is 470 g/mol. The van der Waals surface area contributed by atoms with Crippen molar-refractivity contribution in [2.45, 2.75) is 31.2 Å². The van der Waals surface area contributed by atoms with Gasteiger partial charge in [0, 0.05) is 41.5 Å². The Morgan fingerprint density at radius 2 is 1.91 bits per heavy atom. The molecule has 3 aromatic rings. The Labute approximate surface area is 198 Å². The second kappa shape index (κ2) is 10.7. The van der Waals surface area contributed by atoms with Crippen LogP contribution in [0.25, 0.3) is 0 Å². The van der Waals surface area contributed by atoms with Crippen LogP contribution >= 0.6 is 23.1 Å². The Hall–Kier alpha value is -2.06. The molecule has 1 aliphatic heterocycles. The first-order valence-corrected chi connectivity index (χ1v) is 13.2. The lowest BCUT2D eigenvalue weighted by Crippen LogP contribution is -2.47. The predicted octanol–water partition coefficient (Wildman–Crippen LogP) is 5.60. The van der Waals surface area contributed by atoms with Crippen molar-refractivity contribution in [3.63, 3.8) is 0 Å². The fraction of sp³-hybridized carbons (Fsp3) is 0.400. The Morgan fingerprint density at radius 3 is 2.50 bits per heavy atom. The quantitative estimate of drug-likeness (QED) is 0.435. The molecule has 0 bridgehead atoms. The highest BCUT2D eigenvalue weighted by Gasteiger charge is 2.30. The van der Waals surface area contributed by atoms with Crippen LogP contribution in [0.5, 0.6) is 0 Å². The van der Waals surface area contributed by atoms with Gasteiger partial charge in [-0.05, 0) is 55.1 Å². The number of piperazine rings is 1. The lowest BCUT2D eigenvalue weighted by molar-refractivity contribution is 0.0995. The van der Waals surface area contributed by atoms with Gasteiger partial charge in [0.15, 0.2) is 5.76 Å². The van der Waals surface area contributed by atoms with Crippen molar-refractivity contribution >= 4 is 34.0 Å². The second-order valence-electron chi connectivity index (χ2n) is 7.93. The van der Waals surface area contributed by atoms with Gasteiger partial charge in [0.05, 0.1) is 12.3 Å². The molecule has 2 aromatic heterocycles. The number of benzene rings is 1. The van der Waals surface area contributed by atoms with Gasteiger partial charge in [-0.15, -0.1) is 23.1 Å².